The van der Waals surface area contributed by atoms with Crippen LogP contribution in [0, 0.1) is 0 Å². The molecule has 2 nitrogen and oxygen atoms in total. The Hall–Kier alpha value is -2.35. The lowest BCUT2D eigenvalue weighted by Crippen LogP contribution is -2.09. The molecule has 0 bridgehead atoms. The molecule has 2 heteroatoms. The molecule has 0 aromatic heterocycles. The van der Waals surface area contributed by atoms with Crippen LogP contribution in [-0.4, -0.2) is 10.9 Å². The molecule has 0 atom stereocenters. The summed E-state index contributed by atoms with van der Waals surface area (Å²) in [4.78, 5) is 0. The summed E-state index contributed by atoms with van der Waals surface area (Å²) in [5, 5.41) is 12.3. The number of rotatable bonds is 2. The van der Waals surface area contributed by atoms with Crippen LogP contribution in [0.4, 0.5) is 0 Å². The van der Waals surface area contributed by atoms with Crippen LogP contribution in [0.3, 0.4) is 0 Å². The third kappa shape index (κ3) is 3.05. The van der Waals surface area contributed by atoms with Crippen molar-refractivity contribution in [3.63, 3.8) is 0 Å². The smallest absolute Gasteiger partial charge is 0.0577 e. The highest BCUT2D eigenvalue weighted by atomic mass is 16.4. The number of nitrogens with zero attached hydrogens (tertiary/aromatic N) is 1. The Morgan fingerprint density at radius 1 is 0.714 bits per heavy atom. The van der Waals surface area contributed by atoms with Crippen molar-refractivity contribution < 1.29 is 5.21 Å². The van der Waals surface area contributed by atoms with Crippen LogP contribution in [0.1, 0.15) is 36.8 Å². The summed E-state index contributed by atoms with van der Waals surface area (Å²) in [5.74, 6) is 0. The minimum atomic E-state index is 0.856. The fraction of sp³-hybridized carbons (Fsp3) is 0.211. The molecule has 0 aliphatic heterocycles. The Labute approximate surface area is 125 Å². The first-order valence-electron chi connectivity index (χ1n) is 7.41. The zero-order valence-electron chi connectivity index (χ0n) is 12.0. The molecule has 21 heavy (non-hydrogen) atoms. The van der Waals surface area contributed by atoms with E-state index in [1.54, 1.807) is 0 Å². The number of allylic oxidation sites excluding steroid dienone is 1. The van der Waals surface area contributed by atoms with Gasteiger partial charge in [0.1, 0.15) is 0 Å². The number of hydrogen-bond donors (Lipinski definition) is 1. The van der Waals surface area contributed by atoms with Gasteiger partial charge < -0.3 is 5.21 Å². The summed E-state index contributed by atoms with van der Waals surface area (Å²) >= 11 is 0. The molecular formula is C19H19NO. The monoisotopic (exact) mass is 277 g/mol. The second-order valence-electron chi connectivity index (χ2n) is 5.38. The standard InChI is InChI=1S/C19H19NO/c21-20-18-13-11-17(12-14-18)19(15-7-3-1-4-8-15)16-9-5-2-6-10-16/h1-10,21H,11-14H2. The van der Waals surface area contributed by atoms with E-state index in [4.69, 9.17) is 5.21 Å². The molecule has 2 aromatic carbocycles. The average molecular weight is 277 g/mol. The van der Waals surface area contributed by atoms with Crippen LogP contribution in [0.5, 0.6) is 0 Å². The summed E-state index contributed by atoms with van der Waals surface area (Å²) in [6.07, 6.45) is 3.65. The predicted octanol–water partition coefficient (Wildman–Crippen LogP) is 4.89. The van der Waals surface area contributed by atoms with Gasteiger partial charge in [-0.25, -0.2) is 0 Å². The van der Waals surface area contributed by atoms with Crippen molar-refractivity contribution in [3.05, 3.63) is 77.4 Å². The molecular weight excluding hydrogens is 258 g/mol. The molecule has 1 saturated carbocycles. The molecule has 0 spiro atoms. The van der Waals surface area contributed by atoms with Crippen molar-refractivity contribution in [2.75, 3.05) is 0 Å². The van der Waals surface area contributed by atoms with Crippen molar-refractivity contribution in [1.82, 2.24) is 0 Å². The zero-order valence-corrected chi connectivity index (χ0v) is 12.0. The molecule has 1 N–H and O–H groups in total. The van der Waals surface area contributed by atoms with E-state index in [0.29, 0.717) is 0 Å². The van der Waals surface area contributed by atoms with Gasteiger partial charge in [0.15, 0.2) is 0 Å². The van der Waals surface area contributed by atoms with Gasteiger partial charge in [-0.05, 0) is 42.4 Å². The Balaban J connectivity index is 2.05. The quantitative estimate of drug-likeness (QED) is 0.615. The number of oxime groups is 1. The highest BCUT2D eigenvalue weighted by molar-refractivity contribution is 5.88. The molecule has 1 aliphatic carbocycles. The van der Waals surface area contributed by atoms with E-state index < -0.39 is 0 Å². The van der Waals surface area contributed by atoms with Gasteiger partial charge in [0.2, 0.25) is 0 Å². The van der Waals surface area contributed by atoms with Crippen LogP contribution >= 0.6 is 0 Å². The molecule has 0 saturated heterocycles. The van der Waals surface area contributed by atoms with E-state index >= 15 is 0 Å². The molecule has 1 fully saturated rings. The van der Waals surface area contributed by atoms with E-state index in [9.17, 15) is 0 Å². The maximum atomic E-state index is 8.92. The summed E-state index contributed by atoms with van der Waals surface area (Å²) in [6.45, 7) is 0. The Morgan fingerprint density at radius 3 is 1.62 bits per heavy atom. The van der Waals surface area contributed by atoms with Crippen molar-refractivity contribution >= 4 is 11.3 Å². The second-order valence-corrected chi connectivity index (χ2v) is 5.38. The minimum Gasteiger partial charge on any atom is -0.411 e. The van der Waals surface area contributed by atoms with Crippen LogP contribution in [-0.2, 0) is 0 Å². The van der Waals surface area contributed by atoms with E-state index in [1.165, 1.54) is 22.3 Å². The maximum absolute atomic E-state index is 8.92. The molecule has 0 amide bonds. The lowest BCUT2D eigenvalue weighted by Gasteiger charge is -2.21. The molecule has 0 radical (unpaired) electrons. The molecule has 106 valence electrons. The van der Waals surface area contributed by atoms with Gasteiger partial charge in [0, 0.05) is 0 Å². The van der Waals surface area contributed by atoms with Gasteiger partial charge in [-0.2, -0.15) is 0 Å². The van der Waals surface area contributed by atoms with E-state index in [0.717, 1.165) is 31.4 Å². The first kappa shape index (κ1) is 13.6. The van der Waals surface area contributed by atoms with Crippen molar-refractivity contribution in [2.24, 2.45) is 5.16 Å². The van der Waals surface area contributed by atoms with Crippen LogP contribution < -0.4 is 0 Å². The molecule has 0 heterocycles. The summed E-state index contributed by atoms with van der Waals surface area (Å²) in [5.41, 5.74) is 6.25. The van der Waals surface area contributed by atoms with E-state index in [2.05, 4.69) is 53.7 Å². The number of hydrogen-bond acceptors (Lipinski definition) is 2. The first-order chi connectivity index (χ1) is 10.4. The normalized spacial score (nSPS) is 14.9. The van der Waals surface area contributed by atoms with Crippen molar-refractivity contribution in [1.29, 1.82) is 0 Å². The van der Waals surface area contributed by atoms with E-state index in [1.807, 2.05) is 12.1 Å². The largest absolute Gasteiger partial charge is 0.411 e. The number of benzene rings is 2. The van der Waals surface area contributed by atoms with Crippen LogP contribution in [0.2, 0.25) is 0 Å². The summed E-state index contributed by atoms with van der Waals surface area (Å²) < 4.78 is 0. The highest BCUT2D eigenvalue weighted by Gasteiger charge is 2.17. The van der Waals surface area contributed by atoms with Gasteiger partial charge in [-0.3, -0.25) is 0 Å². The van der Waals surface area contributed by atoms with Gasteiger partial charge in [0.25, 0.3) is 0 Å². The fourth-order valence-corrected chi connectivity index (χ4v) is 2.97. The van der Waals surface area contributed by atoms with Crippen molar-refractivity contribution in [3.8, 4) is 0 Å². The predicted molar refractivity (Wildman–Crippen MR) is 86.6 cm³/mol. The third-order valence-corrected chi connectivity index (χ3v) is 4.05. The average Bonchev–Trinajstić information content (AvgIpc) is 2.58. The minimum absolute atomic E-state index is 0.856. The van der Waals surface area contributed by atoms with Gasteiger partial charge >= 0.3 is 0 Å². The summed E-state index contributed by atoms with van der Waals surface area (Å²) in [7, 11) is 0. The van der Waals surface area contributed by atoms with Crippen LogP contribution in [0.25, 0.3) is 5.57 Å². The lowest BCUT2D eigenvalue weighted by molar-refractivity contribution is 0.315. The molecule has 0 unspecified atom stereocenters. The molecule has 2 aromatic rings. The fourth-order valence-electron chi connectivity index (χ4n) is 2.97. The maximum Gasteiger partial charge on any atom is 0.0577 e. The molecule has 3 rings (SSSR count). The van der Waals surface area contributed by atoms with Gasteiger partial charge in [-0.1, -0.05) is 71.4 Å². The molecule has 1 aliphatic rings. The van der Waals surface area contributed by atoms with Gasteiger partial charge in [0.05, 0.1) is 5.71 Å². The van der Waals surface area contributed by atoms with Gasteiger partial charge in [-0.15, -0.1) is 0 Å². The van der Waals surface area contributed by atoms with Crippen molar-refractivity contribution in [2.45, 2.75) is 25.7 Å². The third-order valence-electron chi connectivity index (χ3n) is 4.05. The first-order valence-corrected chi connectivity index (χ1v) is 7.41. The highest BCUT2D eigenvalue weighted by Crippen LogP contribution is 2.34. The van der Waals surface area contributed by atoms with Crippen LogP contribution in [0.15, 0.2) is 71.4 Å². The Bertz CT molecular complexity index is 603. The summed E-state index contributed by atoms with van der Waals surface area (Å²) in [6, 6.07) is 21.1. The Morgan fingerprint density at radius 2 is 1.19 bits per heavy atom. The SMILES string of the molecule is ON=C1CCC(=C(c2ccccc2)c2ccccc2)CC1. The topological polar surface area (TPSA) is 32.6 Å². The zero-order chi connectivity index (χ0) is 14.5. The second kappa shape index (κ2) is 6.40. The van der Waals surface area contributed by atoms with E-state index in [-0.39, 0.29) is 0 Å². The lowest BCUT2D eigenvalue weighted by atomic mass is 9.84. The Kier molecular flexibility index (Phi) is 4.15.